The highest BCUT2D eigenvalue weighted by Crippen LogP contribution is 2.45. The Morgan fingerprint density at radius 2 is 2.12 bits per heavy atom. The molecule has 0 radical (unpaired) electrons. The van der Waals surface area contributed by atoms with Crippen LogP contribution in [0.4, 0.5) is 5.69 Å². The molecule has 2 saturated carbocycles. The van der Waals surface area contributed by atoms with Gasteiger partial charge >= 0.3 is 0 Å². The second kappa shape index (κ2) is 4.06. The van der Waals surface area contributed by atoms with Crippen molar-refractivity contribution in [2.75, 3.05) is 5.32 Å². The highest BCUT2D eigenvalue weighted by Gasteiger charge is 2.39. The minimum atomic E-state index is 0.735. The van der Waals surface area contributed by atoms with E-state index in [0.29, 0.717) is 0 Å². The molecule has 1 aromatic carbocycles. The van der Waals surface area contributed by atoms with Gasteiger partial charge in [0.15, 0.2) is 0 Å². The summed E-state index contributed by atoms with van der Waals surface area (Å²) in [5.74, 6) is 1.95. The topological polar surface area (TPSA) is 12.0 Å². The van der Waals surface area contributed by atoms with Gasteiger partial charge < -0.3 is 5.32 Å². The number of aryl methyl sites for hydroxylation is 1. The summed E-state index contributed by atoms with van der Waals surface area (Å²) in [5.41, 5.74) is 2.66. The molecule has 1 N–H and O–H groups in total. The Morgan fingerprint density at radius 3 is 2.75 bits per heavy atom. The van der Waals surface area contributed by atoms with Crippen molar-refractivity contribution >= 4 is 21.6 Å². The summed E-state index contributed by atoms with van der Waals surface area (Å²) < 4.78 is 1.17. The largest absolute Gasteiger partial charge is 0.382 e. The summed E-state index contributed by atoms with van der Waals surface area (Å²) in [6.45, 7) is 2.18. The monoisotopic (exact) mass is 279 g/mol. The number of rotatable bonds is 2. The van der Waals surface area contributed by atoms with Gasteiger partial charge in [0.1, 0.15) is 0 Å². The molecule has 2 bridgehead atoms. The zero-order valence-corrected chi connectivity index (χ0v) is 11.3. The van der Waals surface area contributed by atoms with Crippen LogP contribution in [0.15, 0.2) is 22.7 Å². The van der Waals surface area contributed by atoms with E-state index in [2.05, 4.69) is 46.4 Å². The molecule has 2 aliphatic carbocycles. The number of halogens is 1. The third-order valence-electron chi connectivity index (χ3n) is 4.27. The fourth-order valence-electron chi connectivity index (χ4n) is 3.41. The molecule has 3 unspecified atom stereocenters. The van der Waals surface area contributed by atoms with Gasteiger partial charge in [0, 0.05) is 16.2 Å². The summed E-state index contributed by atoms with van der Waals surface area (Å²) in [6, 6.07) is 7.25. The SMILES string of the molecule is Cc1cc(Br)ccc1NC1CC2CCC1C2. The lowest BCUT2D eigenvalue weighted by atomic mass is 9.95. The molecule has 3 atom stereocenters. The molecule has 0 spiro atoms. The highest BCUT2D eigenvalue weighted by molar-refractivity contribution is 9.10. The average Bonchev–Trinajstić information content (AvgIpc) is 2.84. The maximum Gasteiger partial charge on any atom is 0.0372 e. The maximum atomic E-state index is 3.75. The highest BCUT2D eigenvalue weighted by atomic mass is 79.9. The Balaban J connectivity index is 1.74. The van der Waals surface area contributed by atoms with Gasteiger partial charge in [-0.05, 0) is 61.8 Å². The van der Waals surface area contributed by atoms with Gasteiger partial charge in [-0.3, -0.25) is 0 Å². The number of benzene rings is 1. The second-order valence-electron chi connectivity index (χ2n) is 5.38. The lowest BCUT2D eigenvalue weighted by Crippen LogP contribution is -2.26. The molecular formula is C14H18BrN. The smallest absolute Gasteiger partial charge is 0.0372 e. The van der Waals surface area contributed by atoms with Gasteiger partial charge in [-0.2, -0.15) is 0 Å². The molecule has 0 aromatic heterocycles. The second-order valence-corrected chi connectivity index (χ2v) is 6.30. The van der Waals surface area contributed by atoms with Gasteiger partial charge in [0.25, 0.3) is 0 Å². The molecule has 0 saturated heterocycles. The minimum absolute atomic E-state index is 0.735. The Hall–Kier alpha value is -0.500. The van der Waals surface area contributed by atoms with Crippen LogP contribution in [-0.4, -0.2) is 6.04 Å². The van der Waals surface area contributed by atoms with Crippen LogP contribution in [0.3, 0.4) is 0 Å². The van der Waals surface area contributed by atoms with Crippen LogP contribution in [0.25, 0.3) is 0 Å². The van der Waals surface area contributed by atoms with Crippen molar-refractivity contribution in [1.29, 1.82) is 0 Å². The third-order valence-corrected chi connectivity index (χ3v) is 4.76. The van der Waals surface area contributed by atoms with Crippen molar-refractivity contribution in [2.24, 2.45) is 11.8 Å². The molecule has 2 heteroatoms. The summed E-state index contributed by atoms with van der Waals surface area (Å²) in [5, 5.41) is 3.75. The van der Waals surface area contributed by atoms with Crippen LogP contribution in [0.5, 0.6) is 0 Å². The molecule has 1 aromatic rings. The van der Waals surface area contributed by atoms with E-state index in [1.54, 1.807) is 0 Å². The molecule has 2 fully saturated rings. The molecule has 0 amide bonds. The Bertz CT molecular complexity index is 402. The molecular weight excluding hydrogens is 262 g/mol. The van der Waals surface area contributed by atoms with E-state index < -0.39 is 0 Å². The summed E-state index contributed by atoms with van der Waals surface area (Å²) in [7, 11) is 0. The van der Waals surface area contributed by atoms with Crippen molar-refractivity contribution < 1.29 is 0 Å². The van der Waals surface area contributed by atoms with Crippen molar-refractivity contribution in [3.8, 4) is 0 Å². The number of hydrogen-bond donors (Lipinski definition) is 1. The maximum absolute atomic E-state index is 3.75. The quantitative estimate of drug-likeness (QED) is 0.848. The van der Waals surface area contributed by atoms with E-state index in [0.717, 1.165) is 17.9 Å². The van der Waals surface area contributed by atoms with Crippen LogP contribution in [0, 0.1) is 18.8 Å². The third kappa shape index (κ3) is 1.88. The summed E-state index contributed by atoms with van der Waals surface area (Å²) >= 11 is 3.51. The predicted octanol–water partition coefficient (Wildman–Crippen LogP) is 4.36. The first-order valence-electron chi connectivity index (χ1n) is 6.25. The van der Waals surface area contributed by atoms with Gasteiger partial charge in [0.05, 0.1) is 0 Å². The minimum Gasteiger partial charge on any atom is -0.382 e. The first kappa shape index (κ1) is 10.6. The lowest BCUT2D eigenvalue weighted by Gasteiger charge is -2.25. The van der Waals surface area contributed by atoms with Crippen molar-refractivity contribution in [3.63, 3.8) is 0 Å². The lowest BCUT2D eigenvalue weighted by molar-refractivity contribution is 0.439. The van der Waals surface area contributed by atoms with Crippen LogP contribution >= 0.6 is 15.9 Å². The zero-order valence-electron chi connectivity index (χ0n) is 9.67. The molecule has 0 aliphatic heterocycles. The normalized spacial score (nSPS) is 32.0. The van der Waals surface area contributed by atoms with Crippen molar-refractivity contribution in [3.05, 3.63) is 28.2 Å². The summed E-state index contributed by atoms with van der Waals surface area (Å²) in [6.07, 6.45) is 5.77. The standard InChI is InChI=1S/C14H18BrN/c1-9-6-12(15)4-5-13(9)16-14-8-10-2-3-11(14)7-10/h4-6,10-11,14,16H,2-3,7-8H2,1H3. The number of hydrogen-bond acceptors (Lipinski definition) is 1. The van der Waals surface area contributed by atoms with Gasteiger partial charge in [-0.15, -0.1) is 0 Å². The zero-order chi connectivity index (χ0) is 11.1. The molecule has 1 nitrogen and oxygen atoms in total. The van der Waals surface area contributed by atoms with Crippen LogP contribution in [0.1, 0.15) is 31.2 Å². The van der Waals surface area contributed by atoms with E-state index in [4.69, 9.17) is 0 Å². The van der Waals surface area contributed by atoms with Crippen LogP contribution in [0.2, 0.25) is 0 Å². The Morgan fingerprint density at radius 1 is 1.25 bits per heavy atom. The first-order chi connectivity index (χ1) is 7.72. The molecule has 3 rings (SSSR count). The van der Waals surface area contributed by atoms with Gasteiger partial charge in [-0.25, -0.2) is 0 Å². The first-order valence-corrected chi connectivity index (χ1v) is 7.04. The molecule has 86 valence electrons. The molecule has 0 heterocycles. The van der Waals surface area contributed by atoms with E-state index in [9.17, 15) is 0 Å². The van der Waals surface area contributed by atoms with Gasteiger partial charge in [-0.1, -0.05) is 22.4 Å². The average molecular weight is 280 g/mol. The van der Waals surface area contributed by atoms with E-state index in [1.807, 2.05) is 0 Å². The van der Waals surface area contributed by atoms with E-state index >= 15 is 0 Å². The van der Waals surface area contributed by atoms with E-state index in [-0.39, 0.29) is 0 Å². The molecule has 2 aliphatic rings. The Labute approximate surface area is 106 Å². The molecule has 16 heavy (non-hydrogen) atoms. The van der Waals surface area contributed by atoms with Crippen LogP contribution < -0.4 is 5.32 Å². The number of nitrogens with one attached hydrogen (secondary N) is 1. The number of anilines is 1. The van der Waals surface area contributed by atoms with Crippen molar-refractivity contribution in [1.82, 2.24) is 0 Å². The number of fused-ring (bicyclic) bond motifs is 2. The Kier molecular flexibility index (Phi) is 2.70. The summed E-state index contributed by atoms with van der Waals surface area (Å²) in [4.78, 5) is 0. The fourth-order valence-corrected chi connectivity index (χ4v) is 3.89. The van der Waals surface area contributed by atoms with Crippen molar-refractivity contribution in [2.45, 2.75) is 38.6 Å². The van der Waals surface area contributed by atoms with Gasteiger partial charge in [0.2, 0.25) is 0 Å². The predicted molar refractivity (Wildman–Crippen MR) is 71.7 cm³/mol. The van der Waals surface area contributed by atoms with E-state index in [1.165, 1.54) is 41.4 Å². The van der Waals surface area contributed by atoms with Crippen LogP contribution in [-0.2, 0) is 0 Å². The fraction of sp³-hybridized carbons (Fsp3) is 0.571.